The number of carbonyl (C=O) groups is 2. The molecule has 0 aliphatic heterocycles. The molecule has 0 radical (unpaired) electrons. The van der Waals surface area contributed by atoms with E-state index in [2.05, 4.69) is 14.7 Å². The van der Waals surface area contributed by atoms with Gasteiger partial charge in [-0.05, 0) is 78.1 Å². The molecule has 10 heteroatoms. The third kappa shape index (κ3) is 5.27. The summed E-state index contributed by atoms with van der Waals surface area (Å²) in [7, 11) is 1.75. The Morgan fingerprint density at radius 1 is 1.00 bits per heavy atom. The summed E-state index contributed by atoms with van der Waals surface area (Å²) >= 11 is 2.77. The Kier molecular flexibility index (Phi) is 7.17. The van der Waals surface area contributed by atoms with Crippen molar-refractivity contribution in [2.45, 2.75) is 13.0 Å². The van der Waals surface area contributed by atoms with Gasteiger partial charge in [0.05, 0.1) is 26.5 Å². The highest BCUT2D eigenvalue weighted by Gasteiger charge is 2.19. The monoisotopic (exact) mass is 564 g/mol. The SMILES string of the molecule is CN(C(=O)c1ccccc1)c1ccc2c(c1)nc(NC(=O)c1ccc(-c3ccsn3)s1)n2CCc1cccnc1. The number of anilines is 2. The van der Waals surface area contributed by atoms with Crippen LogP contribution in [0, 0.1) is 0 Å². The summed E-state index contributed by atoms with van der Waals surface area (Å²) in [6.45, 7) is 0.588. The van der Waals surface area contributed by atoms with Gasteiger partial charge in [-0.15, -0.1) is 11.3 Å². The molecule has 0 bridgehead atoms. The van der Waals surface area contributed by atoms with Crippen LogP contribution in [0.4, 0.5) is 11.6 Å². The van der Waals surface area contributed by atoms with Crippen LogP contribution in [0.15, 0.2) is 96.6 Å². The van der Waals surface area contributed by atoms with Gasteiger partial charge in [0.15, 0.2) is 0 Å². The second kappa shape index (κ2) is 11.2. The summed E-state index contributed by atoms with van der Waals surface area (Å²) in [4.78, 5) is 38.4. The van der Waals surface area contributed by atoms with Gasteiger partial charge in [-0.25, -0.2) is 4.98 Å². The van der Waals surface area contributed by atoms with Crippen LogP contribution < -0.4 is 10.2 Å². The summed E-state index contributed by atoms with van der Waals surface area (Å²) in [5, 5.41) is 4.93. The lowest BCUT2D eigenvalue weighted by Gasteiger charge is -2.17. The molecule has 2 aromatic carbocycles. The number of imidazole rings is 1. The van der Waals surface area contributed by atoms with Crippen molar-refractivity contribution >= 4 is 57.4 Å². The topological polar surface area (TPSA) is 93.0 Å². The minimum Gasteiger partial charge on any atom is -0.311 e. The van der Waals surface area contributed by atoms with Crippen molar-refractivity contribution in [1.82, 2.24) is 18.9 Å². The molecule has 0 saturated carbocycles. The molecule has 6 rings (SSSR count). The molecule has 6 aromatic rings. The number of pyridine rings is 1. The van der Waals surface area contributed by atoms with E-state index in [9.17, 15) is 9.59 Å². The molecular weight excluding hydrogens is 541 g/mol. The van der Waals surface area contributed by atoms with Crippen molar-refractivity contribution in [2.24, 2.45) is 0 Å². The Morgan fingerprint density at radius 2 is 1.88 bits per heavy atom. The van der Waals surface area contributed by atoms with Gasteiger partial charge >= 0.3 is 0 Å². The molecule has 0 saturated heterocycles. The minimum absolute atomic E-state index is 0.113. The highest BCUT2D eigenvalue weighted by Crippen LogP contribution is 2.30. The van der Waals surface area contributed by atoms with Crippen LogP contribution in [0.1, 0.15) is 25.6 Å². The number of nitrogens with one attached hydrogen (secondary N) is 1. The van der Waals surface area contributed by atoms with Gasteiger partial charge < -0.3 is 9.47 Å². The van der Waals surface area contributed by atoms with E-state index < -0.39 is 0 Å². The van der Waals surface area contributed by atoms with E-state index in [0.717, 1.165) is 21.7 Å². The first-order chi connectivity index (χ1) is 19.6. The largest absolute Gasteiger partial charge is 0.311 e. The molecule has 198 valence electrons. The number of benzene rings is 2. The fourth-order valence-corrected chi connectivity index (χ4v) is 5.88. The van der Waals surface area contributed by atoms with Crippen molar-refractivity contribution in [3.8, 4) is 10.6 Å². The number of hydrogen-bond donors (Lipinski definition) is 1. The number of rotatable bonds is 8. The molecule has 0 atom stereocenters. The van der Waals surface area contributed by atoms with Crippen LogP contribution in [0.25, 0.3) is 21.6 Å². The number of amides is 2. The third-order valence-corrected chi connectivity index (χ3v) is 8.20. The summed E-state index contributed by atoms with van der Waals surface area (Å²) < 4.78 is 6.36. The minimum atomic E-state index is -0.235. The Morgan fingerprint density at radius 3 is 2.65 bits per heavy atom. The van der Waals surface area contributed by atoms with E-state index in [1.165, 1.54) is 22.9 Å². The Labute approximate surface area is 238 Å². The van der Waals surface area contributed by atoms with E-state index in [0.29, 0.717) is 40.6 Å². The highest BCUT2D eigenvalue weighted by molar-refractivity contribution is 7.17. The van der Waals surface area contributed by atoms with Gasteiger partial charge in [-0.1, -0.05) is 24.3 Å². The van der Waals surface area contributed by atoms with Gasteiger partial charge in [0.2, 0.25) is 5.95 Å². The number of thiophene rings is 1. The summed E-state index contributed by atoms with van der Waals surface area (Å²) in [6, 6.07) is 24.5. The number of fused-ring (bicyclic) bond motifs is 1. The van der Waals surface area contributed by atoms with Crippen molar-refractivity contribution < 1.29 is 9.59 Å². The zero-order chi connectivity index (χ0) is 27.5. The molecule has 4 aromatic heterocycles. The van der Waals surface area contributed by atoms with Crippen molar-refractivity contribution in [3.63, 3.8) is 0 Å². The zero-order valence-corrected chi connectivity index (χ0v) is 23.2. The quantitative estimate of drug-likeness (QED) is 0.231. The number of hydrogen-bond acceptors (Lipinski definition) is 7. The van der Waals surface area contributed by atoms with E-state index in [-0.39, 0.29) is 11.8 Å². The van der Waals surface area contributed by atoms with Gasteiger partial charge in [0.1, 0.15) is 0 Å². The van der Waals surface area contributed by atoms with Gasteiger partial charge in [0.25, 0.3) is 11.8 Å². The van der Waals surface area contributed by atoms with Gasteiger partial charge in [0, 0.05) is 42.6 Å². The first-order valence-corrected chi connectivity index (χ1v) is 14.3. The smallest absolute Gasteiger partial charge is 0.268 e. The van der Waals surface area contributed by atoms with E-state index >= 15 is 0 Å². The van der Waals surface area contributed by atoms with Crippen LogP contribution in [-0.4, -0.2) is 37.8 Å². The van der Waals surface area contributed by atoms with E-state index in [1.807, 2.05) is 76.8 Å². The van der Waals surface area contributed by atoms with E-state index in [4.69, 9.17) is 4.98 Å². The van der Waals surface area contributed by atoms with Crippen molar-refractivity contribution in [2.75, 3.05) is 17.3 Å². The molecule has 0 fully saturated rings. The van der Waals surface area contributed by atoms with Crippen LogP contribution in [-0.2, 0) is 13.0 Å². The highest BCUT2D eigenvalue weighted by atomic mass is 32.1. The molecule has 4 heterocycles. The van der Waals surface area contributed by atoms with Crippen LogP contribution in [0.2, 0.25) is 0 Å². The summed E-state index contributed by atoms with van der Waals surface area (Å²) in [5.74, 6) is 0.0980. The van der Waals surface area contributed by atoms with Crippen LogP contribution in [0.5, 0.6) is 0 Å². The Bertz CT molecular complexity index is 1780. The first-order valence-electron chi connectivity index (χ1n) is 12.6. The second-order valence-electron chi connectivity index (χ2n) is 9.10. The number of nitrogens with zero attached hydrogens (tertiary/aromatic N) is 5. The lowest BCUT2D eigenvalue weighted by Crippen LogP contribution is -2.26. The summed E-state index contributed by atoms with van der Waals surface area (Å²) in [5.41, 5.74) is 4.80. The predicted molar refractivity (Wildman–Crippen MR) is 160 cm³/mol. The molecule has 0 aliphatic carbocycles. The molecular formula is C30H24N6O2S2. The fourth-order valence-electron chi connectivity index (χ4n) is 4.43. The lowest BCUT2D eigenvalue weighted by molar-refractivity contribution is 0.0991. The average Bonchev–Trinajstić information content (AvgIpc) is 3.76. The number of aromatic nitrogens is 4. The lowest BCUT2D eigenvalue weighted by atomic mass is 10.2. The summed E-state index contributed by atoms with van der Waals surface area (Å²) in [6.07, 6.45) is 4.30. The maximum atomic E-state index is 13.3. The third-order valence-electron chi connectivity index (χ3n) is 6.54. The molecule has 0 unspecified atom stereocenters. The molecule has 0 spiro atoms. The maximum absolute atomic E-state index is 13.3. The van der Waals surface area contributed by atoms with Crippen LogP contribution >= 0.6 is 22.9 Å². The molecule has 0 aliphatic rings. The van der Waals surface area contributed by atoms with Gasteiger partial charge in [-0.3, -0.25) is 19.9 Å². The normalized spacial score (nSPS) is 11.0. The number of aryl methyl sites for hydroxylation is 2. The molecule has 40 heavy (non-hydrogen) atoms. The Hall–Kier alpha value is -4.67. The standard InChI is InChI=1S/C30H24N6O2S2/c1-35(29(38)21-7-3-2-4-8-21)22-9-10-25-24(18-22)32-30(36(25)16-13-20-6-5-15-31-19-20)33-28(37)27-12-11-26(40-27)23-14-17-39-34-23/h2-12,14-15,17-19H,13,16H2,1H3,(H,32,33,37). The molecule has 1 N–H and O–H groups in total. The fraction of sp³-hybridized carbons (Fsp3) is 0.100. The zero-order valence-electron chi connectivity index (χ0n) is 21.5. The Balaban J connectivity index is 1.31. The van der Waals surface area contributed by atoms with Crippen LogP contribution in [0.3, 0.4) is 0 Å². The molecule has 8 nitrogen and oxygen atoms in total. The first kappa shape index (κ1) is 25.6. The average molecular weight is 565 g/mol. The predicted octanol–water partition coefficient (Wildman–Crippen LogP) is 6.39. The molecule has 2 amide bonds. The van der Waals surface area contributed by atoms with Crippen molar-refractivity contribution in [3.05, 3.63) is 113 Å². The van der Waals surface area contributed by atoms with Crippen molar-refractivity contribution in [1.29, 1.82) is 0 Å². The van der Waals surface area contributed by atoms with Gasteiger partial charge in [-0.2, -0.15) is 4.37 Å². The van der Waals surface area contributed by atoms with E-state index in [1.54, 1.807) is 36.3 Å². The number of carbonyl (C=O) groups excluding carboxylic acids is 2. The maximum Gasteiger partial charge on any atom is 0.268 e. The second-order valence-corrected chi connectivity index (χ2v) is 10.9.